The maximum absolute atomic E-state index is 8.62. The van der Waals surface area contributed by atoms with Gasteiger partial charge in [0.1, 0.15) is 5.75 Å². The van der Waals surface area contributed by atoms with Crippen molar-refractivity contribution in [1.82, 2.24) is 4.90 Å². The molecular formula is C16H18N2O. The fourth-order valence-corrected chi connectivity index (χ4v) is 2.08. The summed E-state index contributed by atoms with van der Waals surface area (Å²) in [6, 6.07) is 14.7. The summed E-state index contributed by atoms with van der Waals surface area (Å²) in [5.74, 6) is 0.883. The van der Waals surface area contributed by atoms with Crippen LogP contribution in [0.5, 0.6) is 5.75 Å². The Hall–Kier alpha value is -2.05. The molecule has 0 aliphatic rings. The van der Waals surface area contributed by atoms with Crippen molar-refractivity contribution in [1.29, 1.82) is 5.26 Å². The van der Waals surface area contributed by atoms with Crippen LogP contribution in [0.2, 0.25) is 0 Å². The smallest absolute Gasteiger partial charge is 0.119 e. The molecule has 0 N–H and O–H groups in total. The molecule has 0 aromatic heterocycles. The second-order valence-corrected chi connectivity index (χ2v) is 4.69. The minimum atomic E-state index is 0.477. The Balaban J connectivity index is 2.11. The first-order valence-electron chi connectivity index (χ1n) is 6.35. The van der Waals surface area contributed by atoms with E-state index in [0.717, 1.165) is 18.7 Å². The monoisotopic (exact) mass is 254 g/mol. The van der Waals surface area contributed by atoms with Crippen molar-refractivity contribution in [2.24, 2.45) is 0 Å². The lowest BCUT2D eigenvalue weighted by atomic mass is 10.0. The third-order valence-corrected chi connectivity index (χ3v) is 3.23. The first-order chi connectivity index (χ1) is 9.22. The summed E-state index contributed by atoms with van der Waals surface area (Å²) in [6.45, 7) is 1.38. The molecule has 0 spiro atoms. The van der Waals surface area contributed by atoms with Crippen LogP contribution in [0.15, 0.2) is 36.4 Å². The molecule has 2 aromatic rings. The van der Waals surface area contributed by atoms with Crippen LogP contribution in [0.25, 0.3) is 10.8 Å². The minimum Gasteiger partial charge on any atom is -0.497 e. The van der Waals surface area contributed by atoms with Gasteiger partial charge in [-0.1, -0.05) is 24.3 Å². The molecule has 0 aliphatic heterocycles. The lowest BCUT2D eigenvalue weighted by Crippen LogP contribution is -2.21. The van der Waals surface area contributed by atoms with Crippen molar-refractivity contribution in [2.75, 3.05) is 27.2 Å². The molecule has 2 aromatic carbocycles. The highest BCUT2D eigenvalue weighted by molar-refractivity contribution is 5.84. The average molecular weight is 254 g/mol. The van der Waals surface area contributed by atoms with Gasteiger partial charge in [0.25, 0.3) is 0 Å². The predicted octanol–water partition coefficient (Wildman–Crippen LogP) is 2.85. The van der Waals surface area contributed by atoms with Gasteiger partial charge in [0.05, 0.1) is 19.7 Å². The minimum absolute atomic E-state index is 0.477. The van der Waals surface area contributed by atoms with E-state index >= 15 is 0 Å². The number of nitrogens with zero attached hydrogens (tertiary/aromatic N) is 2. The molecule has 98 valence electrons. The number of rotatable bonds is 5. The summed E-state index contributed by atoms with van der Waals surface area (Å²) < 4.78 is 5.22. The summed E-state index contributed by atoms with van der Waals surface area (Å²) in [5.41, 5.74) is 1.29. The lowest BCUT2D eigenvalue weighted by Gasteiger charge is -2.12. The largest absolute Gasteiger partial charge is 0.497 e. The highest BCUT2D eigenvalue weighted by atomic mass is 16.5. The molecule has 0 fully saturated rings. The summed E-state index contributed by atoms with van der Waals surface area (Å²) in [6.07, 6.45) is 0.958. The highest BCUT2D eigenvalue weighted by Crippen LogP contribution is 2.22. The van der Waals surface area contributed by atoms with E-state index in [9.17, 15) is 0 Å². The van der Waals surface area contributed by atoms with Gasteiger partial charge in [0, 0.05) is 6.54 Å². The predicted molar refractivity (Wildman–Crippen MR) is 77.3 cm³/mol. The molecular weight excluding hydrogens is 236 g/mol. The van der Waals surface area contributed by atoms with Gasteiger partial charge in [0.2, 0.25) is 0 Å². The van der Waals surface area contributed by atoms with Crippen LogP contribution >= 0.6 is 0 Å². The van der Waals surface area contributed by atoms with E-state index in [1.165, 1.54) is 16.3 Å². The van der Waals surface area contributed by atoms with Gasteiger partial charge in [-0.25, -0.2) is 0 Å². The second-order valence-electron chi connectivity index (χ2n) is 4.69. The van der Waals surface area contributed by atoms with E-state index in [1.807, 2.05) is 24.1 Å². The Kier molecular flexibility index (Phi) is 4.38. The van der Waals surface area contributed by atoms with Crippen LogP contribution in [-0.4, -0.2) is 32.1 Å². The molecule has 0 aliphatic carbocycles. The fraction of sp³-hybridized carbons (Fsp3) is 0.312. The standard InChI is InChI=1S/C16H18N2O/c1-18(10-8-17)9-7-13-3-4-15-12-16(19-2)6-5-14(15)11-13/h3-6,11-12H,7,9-10H2,1-2H3. The second kappa shape index (κ2) is 6.21. The molecule has 2 rings (SSSR count). The van der Waals surface area contributed by atoms with E-state index in [0.29, 0.717) is 6.54 Å². The quantitative estimate of drug-likeness (QED) is 0.770. The molecule has 0 atom stereocenters. The maximum Gasteiger partial charge on any atom is 0.119 e. The third kappa shape index (κ3) is 3.46. The Bertz CT molecular complexity index is 601. The topological polar surface area (TPSA) is 36.3 Å². The van der Waals surface area contributed by atoms with Crippen molar-refractivity contribution in [3.8, 4) is 11.8 Å². The molecule has 0 saturated heterocycles. The Morgan fingerprint density at radius 3 is 2.63 bits per heavy atom. The lowest BCUT2D eigenvalue weighted by molar-refractivity contribution is 0.379. The normalized spacial score (nSPS) is 10.6. The number of hydrogen-bond donors (Lipinski definition) is 0. The van der Waals surface area contributed by atoms with E-state index in [-0.39, 0.29) is 0 Å². The van der Waals surface area contributed by atoms with Gasteiger partial charge < -0.3 is 4.74 Å². The number of ether oxygens (including phenoxy) is 1. The number of hydrogen-bond acceptors (Lipinski definition) is 3. The van der Waals surface area contributed by atoms with Crippen molar-refractivity contribution >= 4 is 10.8 Å². The van der Waals surface area contributed by atoms with Gasteiger partial charge >= 0.3 is 0 Å². The van der Waals surface area contributed by atoms with E-state index in [1.54, 1.807) is 7.11 Å². The number of methoxy groups -OCH3 is 1. The number of likely N-dealkylation sites (N-methyl/N-ethyl adjacent to an activating group) is 1. The SMILES string of the molecule is COc1ccc2cc(CCN(C)CC#N)ccc2c1. The van der Waals surface area contributed by atoms with Gasteiger partial charge in [-0.05, 0) is 41.9 Å². The molecule has 3 heteroatoms. The number of benzene rings is 2. The van der Waals surface area contributed by atoms with Crippen molar-refractivity contribution in [3.05, 3.63) is 42.0 Å². The summed E-state index contributed by atoms with van der Waals surface area (Å²) >= 11 is 0. The van der Waals surface area contributed by atoms with Gasteiger partial charge in [0.15, 0.2) is 0 Å². The van der Waals surface area contributed by atoms with E-state index < -0.39 is 0 Å². The van der Waals surface area contributed by atoms with Gasteiger partial charge in [-0.2, -0.15) is 5.26 Å². The number of fused-ring (bicyclic) bond motifs is 1. The number of nitriles is 1. The summed E-state index contributed by atoms with van der Waals surface area (Å²) in [7, 11) is 3.65. The van der Waals surface area contributed by atoms with E-state index in [2.05, 4.69) is 30.3 Å². The molecule has 3 nitrogen and oxygen atoms in total. The maximum atomic E-state index is 8.62. The zero-order valence-electron chi connectivity index (χ0n) is 11.4. The Labute approximate surface area is 114 Å². The van der Waals surface area contributed by atoms with Crippen LogP contribution in [-0.2, 0) is 6.42 Å². The molecule has 0 saturated carbocycles. The molecule has 0 amide bonds. The Morgan fingerprint density at radius 1 is 1.16 bits per heavy atom. The molecule has 0 radical (unpaired) electrons. The van der Waals surface area contributed by atoms with Crippen LogP contribution < -0.4 is 4.74 Å². The highest BCUT2D eigenvalue weighted by Gasteiger charge is 2.01. The third-order valence-electron chi connectivity index (χ3n) is 3.23. The molecule has 0 heterocycles. The molecule has 0 unspecified atom stereocenters. The fourth-order valence-electron chi connectivity index (χ4n) is 2.08. The molecule has 0 bridgehead atoms. The first kappa shape index (κ1) is 13.4. The zero-order chi connectivity index (χ0) is 13.7. The zero-order valence-corrected chi connectivity index (χ0v) is 11.4. The van der Waals surface area contributed by atoms with Gasteiger partial charge in [-0.15, -0.1) is 0 Å². The Morgan fingerprint density at radius 2 is 1.89 bits per heavy atom. The van der Waals surface area contributed by atoms with Crippen LogP contribution in [0.4, 0.5) is 0 Å². The first-order valence-corrected chi connectivity index (χ1v) is 6.35. The average Bonchev–Trinajstić information content (AvgIpc) is 2.44. The van der Waals surface area contributed by atoms with Crippen LogP contribution in [0, 0.1) is 11.3 Å². The van der Waals surface area contributed by atoms with Crippen molar-refractivity contribution in [2.45, 2.75) is 6.42 Å². The summed E-state index contributed by atoms with van der Waals surface area (Å²) in [5, 5.41) is 11.0. The van der Waals surface area contributed by atoms with Crippen molar-refractivity contribution < 1.29 is 4.74 Å². The summed E-state index contributed by atoms with van der Waals surface area (Å²) in [4.78, 5) is 2.03. The van der Waals surface area contributed by atoms with Crippen LogP contribution in [0.3, 0.4) is 0 Å². The molecule has 19 heavy (non-hydrogen) atoms. The van der Waals surface area contributed by atoms with E-state index in [4.69, 9.17) is 10.00 Å². The van der Waals surface area contributed by atoms with Gasteiger partial charge in [-0.3, -0.25) is 4.90 Å². The van der Waals surface area contributed by atoms with Crippen molar-refractivity contribution in [3.63, 3.8) is 0 Å². The van der Waals surface area contributed by atoms with Crippen LogP contribution in [0.1, 0.15) is 5.56 Å².